The number of urea groups is 1. The summed E-state index contributed by atoms with van der Waals surface area (Å²) in [6.45, 7) is 10.6. The van der Waals surface area contributed by atoms with E-state index in [1.54, 1.807) is 36.4 Å². The van der Waals surface area contributed by atoms with E-state index >= 15 is 0 Å². The highest BCUT2D eigenvalue weighted by molar-refractivity contribution is 5.99. The van der Waals surface area contributed by atoms with Gasteiger partial charge in [0, 0.05) is 49.2 Å². The van der Waals surface area contributed by atoms with Gasteiger partial charge in [-0.05, 0) is 101 Å². The normalized spacial score (nSPS) is 12.4. The van der Waals surface area contributed by atoms with E-state index in [9.17, 15) is 38.4 Å². The van der Waals surface area contributed by atoms with Crippen molar-refractivity contribution in [3.63, 3.8) is 0 Å². The van der Waals surface area contributed by atoms with E-state index in [1.807, 2.05) is 43.3 Å². The first-order valence-corrected chi connectivity index (χ1v) is 23.2. The Morgan fingerprint density at radius 3 is 1.57 bits per heavy atom. The minimum Gasteiger partial charge on any atom is -0.463 e. The number of rotatable bonds is 28. The average Bonchev–Trinajstić information content (AvgIpc) is 3.31. The molecule has 372 valence electrons. The van der Waals surface area contributed by atoms with Gasteiger partial charge in [-0.2, -0.15) is 0 Å². The van der Waals surface area contributed by atoms with E-state index in [1.165, 1.54) is 27.7 Å². The zero-order valence-corrected chi connectivity index (χ0v) is 40.1. The number of benzene rings is 3. The van der Waals surface area contributed by atoms with Crippen molar-refractivity contribution in [2.45, 2.75) is 143 Å². The Labute approximate surface area is 399 Å². The Morgan fingerprint density at radius 2 is 1.04 bits per heavy atom. The van der Waals surface area contributed by atoms with E-state index in [2.05, 4.69) is 27.6 Å². The highest BCUT2D eigenvalue weighted by atomic mass is 16.6. The van der Waals surface area contributed by atoms with Crippen molar-refractivity contribution < 1.29 is 67.5 Å². The van der Waals surface area contributed by atoms with Crippen molar-refractivity contribution in [2.75, 3.05) is 25.1 Å². The van der Waals surface area contributed by atoms with Crippen LogP contribution in [-0.4, -0.2) is 102 Å². The van der Waals surface area contributed by atoms with Crippen molar-refractivity contribution in [3.05, 3.63) is 101 Å². The van der Waals surface area contributed by atoms with Crippen LogP contribution >= 0.6 is 0 Å². The summed E-state index contributed by atoms with van der Waals surface area (Å²) in [5, 5.41) is 26.3. The summed E-state index contributed by atoms with van der Waals surface area (Å²) in [7, 11) is 0. The standard InChI is InChI=1S/C40H49N3O9.C11H20O5/c1-4-41-40(50)43-34-21-14-31(15-22-34)26-42-37(47)33-19-17-32(18-20-33)36(46)23-16-29-10-12-30(13-11-29)25-35(45)9-7-5-6-8-24-51-39(49)28(3)52-38(48)27(2)44;1-4-5-6-7-15-11(14)9(3)16-10(13)8(2)12/h10-15,17-22,27-28,44H,4-9,16,23-26H2,1-3H3,(H,42,47)(H2,41,43,50);8-9,12H,4-7H2,1-3H3. The highest BCUT2D eigenvalue weighted by Crippen LogP contribution is 2.15. The van der Waals surface area contributed by atoms with Crippen LogP contribution in [-0.2, 0) is 62.3 Å². The van der Waals surface area contributed by atoms with Crippen LogP contribution in [0.3, 0.4) is 0 Å². The Morgan fingerprint density at radius 1 is 0.544 bits per heavy atom. The molecule has 0 saturated heterocycles. The summed E-state index contributed by atoms with van der Waals surface area (Å²) in [5.74, 6) is -3.09. The number of amides is 3. The molecular formula is C51H69N3O14. The number of ether oxygens (including phenoxy) is 4. The quantitative estimate of drug-likeness (QED) is 0.0225. The summed E-state index contributed by atoms with van der Waals surface area (Å²) in [6, 6.07) is 21.2. The van der Waals surface area contributed by atoms with E-state index in [4.69, 9.17) is 24.4 Å². The van der Waals surface area contributed by atoms with Gasteiger partial charge in [0.25, 0.3) is 5.91 Å². The third-order valence-electron chi connectivity index (χ3n) is 10.1. The molecule has 3 rings (SSSR count). The predicted octanol–water partition coefficient (Wildman–Crippen LogP) is 6.52. The third-order valence-corrected chi connectivity index (χ3v) is 10.1. The zero-order valence-electron chi connectivity index (χ0n) is 40.1. The maximum atomic E-state index is 12.8. The third kappa shape index (κ3) is 23.8. The van der Waals surface area contributed by atoms with E-state index in [-0.39, 0.29) is 30.1 Å². The van der Waals surface area contributed by atoms with Gasteiger partial charge < -0.3 is 45.1 Å². The fourth-order valence-electron chi connectivity index (χ4n) is 6.03. The maximum Gasteiger partial charge on any atom is 0.347 e. The number of hydrogen-bond donors (Lipinski definition) is 5. The summed E-state index contributed by atoms with van der Waals surface area (Å²) >= 11 is 0. The number of carbonyl (C=O) groups is 8. The molecule has 0 bridgehead atoms. The predicted molar refractivity (Wildman–Crippen MR) is 254 cm³/mol. The lowest BCUT2D eigenvalue weighted by Crippen LogP contribution is -2.30. The van der Waals surface area contributed by atoms with Gasteiger partial charge >= 0.3 is 29.9 Å². The fourth-order valence-corrected chi connectivity index (χ4v) is 6.03. The van der Waals surface area contributed by atoms with Gasteiger partial charge in [-0.3, -0.25) is 14.4 Å². The molecule has 0 heterocycles. The monoisotopic (exact) mass is 947 g/mol. The van der Waals surface area contributed by atoms with Crippen molar-refractivity contribution in [1.29, 1.82) is 0 Å². The molecule has 4 unspecified atom stereocenters. The molecule has 17 nitrogen and oxygen atoms in total. The molecule has 5 N–H and O–H groups in total. The van der Waals surface area contributed by atoms with E-state index in [0.29, 0.717) is 68.6 Å². The lowest BCUT2D eigenvalue weighted by molar-refractivity contribution is -0.171. The van der Waals surface area contributed by atoms with Crippen LogP contribution in [0.4, 0.5) is 10.5 Å². The molecule has 68 heavy (non-hydrogen) atoms. The molecule has 4 atom stereocenters. The Balaban J connectivity index is 0.000000843. The number of aliphatic hydroxyl groups excluding tert-OH is 2. The van der Waals surface area contributed by atoms with Crippen LogP contribution in [0.1, 0.15) is 137 Å². The lowest BCUT2D eigenvalue weighted by Gasteiger charge is -2.13. The van der Waals surface area contributed by atoms with Crippen LogP contribution in [0.5, 0.6) is 0 Å². The largest absolute Gasteiger partial charge is 0.463 e. The maximum absolute atomic E-state index is 12.8. The van der Waals surface area contributed by atoms with Gasteiger partial charge in [-0.15, -0.1) is 0 Å². The second-order valence-corrected chi connectivity index (χ2v) is 16.1. The lowest BCUT2D eigenvalue weighted by atomic mass is 9.99. The fraction of sp³-hybridized carbons (Fsp3) is 0.490. The number of aryl methyl sites for hydroxylation is 1. The molecule has 0 aliphatic heterocycles. The first-order chi connectivity index (χ1) is 32.4. The van der Waals surface area contributed by atoms with Crippen LogP contribution in [0.2, 0.25) is 0 Å². The Bertz CT molecular complexity index is 2050. The van der Waals surface area contributed by atoms with Gasteiger partial charge in [-0.1, -0.05) is 81.1 Å². The summed E-state index contributed by atoms with van der Waals surface area (Å²) in [6.07, 6.45) is 2.87. The first kappa shape index (κ1) is 57.7. The molecule has 3 aromatic rings. The summed E-state index contributed by atoms with van der Waals surface area (Å²) in [5.41, 5.74) is 4.40. The number of anilines is 1. The molecule has 17 heteroatoms. The first-order valence-electron chi connectivity index (χ1n) is 23.2. The Kier molecular flexibility index (Phi) is 27.4. The smallest absolute Gasteiger partial charge is 0.347 e. The molecule has 0 aliphatic carbocycles. The topological polar surface area (TPSA) is 250 Å². The number of nitrogens with one attached hydrogen (secondary N) is 3. The van der Waals surface area contributed by atoms with Crippen molar-refractivity contribution in [2.24, 2.45) is 0 Å². The Hall–Kier alpha value is -6.46. The number of esters is 4. The van der Waals surface area contributed by atoms with Crippen LogP contribution in [0, 0.1) is 0 Å². The number of carbonyl (C=O) groups excluding carboxylic acids is 8. The highest BCUT2D eigenvalue weighted by Gasteiger charge is 2.23. The van der Waals surface area contributed by atoms with E-state index < -0.39 is 48.3 Å². The average molecular weight is 948 g/mol. The number of hydrogen-bond acceptors (Lipinski definition) is 14. The SMILES string of the molecule is CCCCCOC(=O)C(C)OC(=O)C(C)O.CCNC(=O)Nc1ccc(CNC(=O)c2ccc(C(=O)CCc3ccc(CC(=O)CCCCCCOC(=O)C(C)OC(=O)C(C)O)cc3)cc2)cc1. The van der Waals surface area contributed by atoms with Crippen LogP contribution in [0.25, 0.3) is 0 Å². The van der Waals surface area contributed by atoms with Gasteiger partial charge in [0.1, 0.15) is 18.0 Å². The van der Waals surface area contributed by atoms with Gasteiger partial charge in [-0.25, -0.2) is 24.0 Å². The van der Waals surface area contributed by atoms with Crippen LogP contribution < -0.4 is 16.0 Å². The van der Waals surface area contributed by atoms with Crippen LogP contribution in [0.15, 0.2) is 72.8 Å². The molecule has 3 aromatic carbocycles. The minimum atomic E-state index is -1.31. The summed E-state index contributed by atoms with van der Waals surface area (Å²) in [4.78, 5) is 95.0. The number of ketones is 2. The zero-order chi connectivity index (χ0) is 50.4. The minimum absolute atomic E-state index is 0.0292. The number of Topliss-reactive ketones (excluding diaryl/α,β-unsaturated/α-hetero) is 2. The van der Waals surface area contributed by atoms with Crippen molar-refractivity contribution >= 4 is 53.1 Å². The van der Waals surface area contributed by atoms with Gasteiger partial charge in [0.05, 0.1) is 13.2 Å². The second kappa shape index (κ2) is 32.3. The molecule has 0 radical (unpaired) electrons. The molecule has 0 spiro atoms. The second-order valence-electron chi connectivity index (χ2n) is 16.1. The van der Waals surface area contributed by atoms with Crippen molar-refractivity contribution in [3.8, 4) is 0 Å². The number of unbranched alkanes of at least 4 members (excludes halogenated alkanes) is 5. The van der Waals surface area contributed by atoms with Gasteiger partial charge in [0.2, 0.25) is 0 Å². The molecule has 0 aromatic heterocycles. The number of aliphatic hydroxyl groups is 2. The molecule has 0 saturated carbocycles. The molecular weight excluding hydrogens is 879 g/mol. The van der Waals surface area contributed by atoms with Gasteiger partial charge in [0.15, 0.2) is 18.0 Å². The summed E-state index contributed by atoms with van der Waals surface area (Å²) < 4.78 is 19.4. The van der Waals surface area contributed by atoms with Crippen molar-refractivity contribution in [1.82, 2.24) is 10.6 Å². The molecule has 0 fully saturated rings. The molecule has 0 aliphatic rings. The molecule has 3 amide bonds. The van der Waals surface area contributed by atoms with E-state index in [0.717, 1.165) is 55.2 Å².